The smallest absolute Gasteiger partial charge is 0.139 e. The van der Waals surface area contributed by atoms with Crippen LogP contribution < -0.4 is 4.90 Å². The maximum Gasteiger partial charge on any atom is 0.139 e. The highest BCUT2D eigenvalue weighted by atomic mass is 35.5. The molecule has 136 valence electrons. The Kier molecular flexibility index (Phi) is 6.80. The number of likely N-dealkylation sites (N-methyl/N-ethyl adjacent to an activating group) is 1. The van der Waals surface area contributed by atoms with Gasteiger partial charge in [0.15, 0.2) is 0 Å². The Bertz CT molecular complexity index is 763. The lowest BCUT2D eigenvalue weighted by Gasteiger charge is -2.41. The predicted octanol–water partition coefficient (Wildman–Crippen LogP) is 5.27. The van der Waals surface area contributed by atoms with Gasteiger partial charge in [-0.15, -0.1) is 23.7 Å². The van der Waals surface area contributed by atoms with E-state index in [-0.39, 0.29) is 30.2 Å². The largest absolute Gasteiger partial charge is 0.361 e. The first-order valence-corrected chi connectivity index (χ1v) is 9.46. The van der Waals surface area contributed by atoms with Crippen molar-refractivity contribution in [3.05, 3.63) is 50.1 Å². The highest BCUT2D eigenvalue weighted by molar-refractivity contribution is 7.10. The molecular weight excluding hydrogens is 399 g/mol. The van der Waals surface area contributed by atoms with E-state index in [1.165, 1.54) is 10.4 Å². The summed E-state index contributed by atoms with van der Waals surface area (Å²) < 4.78 is 0. The molecule has 25 heavy (non-hydrogen) atoms. The van der Waals surface area contributed by atoms with Crippen molar-refractivity contribution in [2.24, 2.45) is 0 Å². The molecule has 3 nitrogen and oxygen atoms in total. The van der Waals surface area contributed by atoms with E-state index in [0.29, 0.717) is 16.6 Å². The van der Waals surface area contributed by atoms with Crippen LogP contribution in [-0.4, -0.2) is 37.9 Å². The van der Waals surface area contributed by atoms with Gasteiger partial charge in [0.05, 0.1) is 22.0 Å². The number of ketones is 1. The molecule has 2 aromatic rings. The van der Waals surface area contributed by atoms with Gasteiger partial charge in [-0.05, 0) is 56.2 Å². The number of rotatable bonds is 4. The zero-order chi connectivity index (χ0) is 17.4. The summed E-state index contributed by atoms with van der Waals surface area (Å²) in [7, 11) is 4.13. The molecule has 1 aliphatic heterocycles. The Morgan fingerprint density at radius 2 is 2.00 bits per heavy atom. The molecule has 0 amide bonds. The van der Waals surface area contributed by atoms with Gasteiger partial charge in [0.2, 0.25) is 0 Å². The lowest BCUT2D eigenvalue weighted by atomic mass is 9.88. The molecule has 0 spiro atoms. The summed E-state index contributed by atoms with van der Waals surface area (Å²) >= 11 is 14.0. The molecule has 0 N–H and O–H groups in total. The lowest BCUT2D eigenvalue weighted by molar-refractivity contribution is -0.118. The van der Waals surface area contributed by atoms with Crippen LogP contribution in [0.25, 0.3) is 0 Å². The van der Waals surface area contributed by atoms with Crippen molar-refractivity contribution in [1.82, 2.24) is 4.90 Å². The van der Waals surface area contributed by atoms with Gasteiger partial charge in [0, 0.05) is 23.7 Å². The van der Waals surface area contributed by atoms with Crippen LogP contribution >= 0.6 is 46.9 Å². The second-order valence-corrected chi connectivity index (χ2v) is 8.19. The van der Waals surface area contributed by atoms with Crippen LogP contribution in [0.1, 0.15) is 29.3 Å². The molecule has 0 saturated carbocycles. The summed E-state index contributed by atoms with van der Waals surface area (Å²) in [5, 5.41) is 3.16. The highest BCUT2D eigenvalue weighted by Crippen LogP contribution is 2.43. The molecule has 0 saturated heterocycles. The van der Waals surface area contributed by atoms with Crippen molar-refractivity contribution in [1.29, 1.82) is 0 Å². The monoisotopic (exact) mass is 418 g/mol. The van der Waals surface area contributed by atoms with Gasteiger partial charge in [-0.3, -0.25) is 4.79 Å². The minimum Gasteiger partial charge on any atom is -0.361 e. The van der Waals surface area contributed by atoms with Gasteiger partial charge in [-0.1, -0.05) is 23.2 Å². The molecule has 2 heterocycles. The third kappa shape index (κ3) is 4.15. The van der Waals surface area contributed by atoms with Gasteiger partial charge in [0.1, 0.15) is 5.78 Å². The number of carbonyl (C=O) groups is 1. The average Bonchev–Trinajstić information content (AvgIpc) is 2.99. The van der Waals surface area contributed by atoms with Crippen molar-refractivity contribution in [2.45, 2.75) is 18.9 Å². The molecule has 3 rings (SSSR count). The number of carbonyl (C=O) groups excluding carboxylic acids is 1. The van der Waals surface area contributed by atoms with Gasteiger partial charge in [0.25, 0.3) is 0 Å². The second-order valence-electron chi connectivity index (χ2n) is 6.43. The van der Waals surface area contributed by atoms with E-state index in [9.17, 15) is 4.79 Å². The minimum absolute atomic E-state index is 0. The van der Waals surface area contributed by atoms with Crippen LogP contribution in [0.3, 0.4) is 0 Å². The van der Waals surface area contributed by atoms with E-state index in [4.69, 9.17) is 23.2 Å². The van der Waals surface area contributed by atoms with Crippen molar-refractivity contribution in [3.63, 3.8) is 0 Å². The third-order valence-corrected chi connectivity index (χ3v) is 6.20. The SMILES string of the molecule is CC(=O)C1CN(c2ccc(Cl)c(Cl)c2)C(CN(C)C)c2sccc21.Cl. The van der Waals surface area contributed by atoms with Crippen LogP contribution in [-0.2, 0) is 4.79 Å². The summed E-state index contributed by atoms with van der Waals surface area (Å²) in [4.78, 5) is 17.9. The number of halogens is 3. The summed E-state index contributed by atoms with van der Waals surface area (Å²) in [6, 6.07) is 7.98. The van der Waals surface area contributed by atoms with Gasteiger partial charge < -0.3 is 9.80 Å². The number of thiophene rings is 1. The quantitative estimate of drug-likeness (QED) is 0.674. The van der Waals surface area contributed by atoms with Crippen molar-refractivity contribution >= 4 is 58.4 Å². The van der Waals surface area contributed by atoms with Crippen LogP contribution in [0.4, 0.5) is 5.69 Å². The molecule has 7 heteroatoms. The maximum atomic E-state index is 12.2. The fourth-order valence-corrected chi connectivity index (χ4v) is 4.64. The fourth-order valence-electron chi connectivity index (χ4n) is 3.28. The number of nitrogens with zero attached hydrogens (tertiary/aromatic N) is 2. The van der Waals surface area contributed by atoms with Crippen molar-refractivity contribution in [3.8, 4) is 0 Å². The molecule has 0 aliphatic carbocycles. The number of anilines is 1. The molecule has 0 bridgehead atoms. The van der Waals surface area contributed by atoms with E-state index in [0.717, 1.165) is 12.2 Å². The standard InChI is InChI=1S/C18H20Cl2N2OS.ClH/c1-11(23)14-9-22(12-4-5-15(19)16(20)8-12)17(10-21(2)3)18-13(14)6-7-24-18;/h4-8,14,17H,9-10H2,1-3H3;1H. The van der Waals surface area contributed by atoms with Crippen LogP contribution in [0.15, 0.2) is 29.6 Å². The molecular formula is C18H21Cl3N2OS. The molecule has 0 fully saturated rings. The normalized spacial score (nSPS) is 19.5. The number of benzene rings is 1. The van der Waals surface area contributed by atoms with Crippen molar-refractivity contribution in [2.75, 3.05) is 32.1 Å². The first kappa shape index (κ1) is 20.5. The Balaban J connectivity index is 0.00000225. The van der Waals surface area contributed by atoms with E-state index in [1.807, 2.05) is 18.2 Å². The second kappa shape index (κ2) is 8.28. The minimum atomic E-state index is -0.0980. The maximum absolute atomic E-state index is 12.2. The Morgan fingerprint density at radius 3 is 2.60 bits per heavy atom. The molecule has 2 atom stereocenters. The predicted molar refractivity (Wildman–Crippen MR) is 110 cm³/mol. The number of Topliss-reactive ketones (excluding diaryl/α,β-unsaturated/α-hetero) is 1. The zero-order valence-electron chi connectivity index (χ0n) is 14.3. The molecule has 2 unspecified atom stereocenters. The molecule has 1 aromatic carbocycles. The topological polar surface area (TPSA) is 23.6 Å². The summed E-state index contributed by atoms with van der Waals surface area (Å²) in [5.41, 5.74) is 2.18. The van der Waals surface area contributed by atoms with Gasteiger partial charge >= 0.3 is 0 Å². The first-order valence-electron chi connectivity index (χ1n) is 7.82. The number of fused-ring (bicyclic) bond motifs is 1. The van der Waals surface area contributed by atoms with E-state index >= 15 is 0 Å². The Morgan fingerprint density at radius 1 is 1.28 bits per heavy atom. The summed E-state index contributed by atoms with van der Waals surface area (Å²) in [6.45, 7) is 3.21. The highest BCUT2D eigenvalue weighted by Gasteiger charge is 2.36. The average molecular weight is 420 g/mol. The van der Waals surface area contributed by atoms with Gasteiger partial charge in [-0.2, -0.15) is 0 Å². The molecule has 1 aromatic heterocycles. The van der Waals surface area contributed by atoms with E-state index in [1.54, 1.807) is 18.3 Å². The Hall–Kier alpha value is -0.780. The fraction of sp³-hybridized carbons (Fsp3) is 0.389. The number of hydrogen-bond acceptors (Lipinski definition) is 4. The number of hydrogen-bond donors (Lipinski definition) is 0. The summed E-state index contributed by atoms with van der Waals surface area (Å²) in [5.74, 6) is 0.0992. The van der Waals surface area contributed by atoms with E-state index in [2.05, 4.69) is 35.3 Å². The third-order valence-electron chi connectivity index (χ3n) is 4.42. The summed E-state index contributed by atoms with van der Waals surface area (Å²) in [6.07, 6.45) is 0. The molecule has 0 radical (unpaired) electrons. The first-order chi connectivity index (χ1) is 11.4. The van der Waals surface area contributed by atoms with Crippen LogP contribution in [0, 0.1) is 0 Å². The molecule has 1 aliphatic rings. The lowest BCUT2D eigenvalue weighted by Crippen LogP contribution is -2.43. The van der Waals surface area contributed by atoms with Crippen molar-refractivity contribution < 1.29 is 4.79 Å². The van der Waals surface area contributed by atoms with E-state index < -0.39 is 0 Å². The Labute approximate surface area is 168 Å². The van der Waals surface area contributed by atoms with Gasteiger partial charge in [-0.25, -0.2) is 0 Å². The van der Waals surface area contributed by atoms with Crippen LogP contribution in [0.5, 0.6) is 0 Å². The van der Waals surface area contributed by atoms with Crippen LogP contribution in [0.2, 0.25) is 10.0 Å². The zero-order valence-corrected chi connectivity index (χ0v) is 17.5.